The van der Waals surface area contributed by atoms with Crippen LogP contribution >= 0.6 is 0 Å². The molecular formula is C12H12N4O2. The molecule has 0 radical (unpaired) electrons. The third-order valence-corrected chi connectivity index (χ3v) is 2.37. The zero-order valence-corrected chi connectivity index (χ0v) is 9.83. The third kappa shape index (κ3) is 2.79. The van der Waals surface area contributed by atoms with Crippen LogP contribution in [0, 0.1) is 17.0 Å². The number of nitro groups is 1. The smallest absolute Gasteiger partial charge is 0.311 e. The first-order valence-electron chi connectivity index (χ1n) is 5.42. The fraction of sp³-hybridized carbons (Fsp3) is 0.167. The number of hydrogen-bond acceptors (Lipinski definition) is 5. The van der Waals surface area contributed by atoms with Crippen LogP contribution in [-0.4, -0.2) is 14.9 Å². The van der Waals surface area contributed by atoms with Crippen LogP contribution in [0.2, 0.25) is 0 Å². The fourth-order valence-electron chi connectivity index (χ4n) is 1.50. The number of aromatic nitrogens is 2. The molecular weight excluding hydrogens is 232 g/mol. The van der Waals surface area contributed by atoms with Gasteiger partial charge >= 0.3 is 5.69 Å². The van der Waals surface area contributed by atoms with Gasteiger partial charge in [0.1, 0.15) is 0 Å². The third-order valence-electron chi connectivity index (χ3n) is 2.37. The lowest BCUT2D eigenvalue weighted by atomic mass is 10.3. The van der Waals surface area contributed by atoms with Crippen molar-refractivity contribution in [1.82, 2.24) is 9.97 Å². The second-order valence-corrected chi connectivity index (χ2v) is 3.75. The van der Waals surface area contributed by atoms with Crippen molar-refractivity contribution >= 4 is 11.5 Å². The number of nitrogens with zero attached hydrogens (tertiary/aromatic N) is 3. The van der Waals surface area contributed by atoms with Crippen LogP contribution in [0.1, 0.15) is 11.4 Å². The summed E-state index contributed by atoms with van der Waals surface area (Å²) in [4.78, 5) is 18.7. The molecule has 6 heteroatoms. The predicted octanol–water partition coefficient (Wildman–Crippen LogP) is 2.31. The van der Waals surface area contributed by atoms with Gasteiger partial charge < -0.3 is 5.32 Å². The van der Waals surface area contributed by atoms with Crippen LogP contribution in [0.25, 0.3) is 0 Å². The molecule has 2 aromatic rings. The number of anilines is 1. The van der Waals surface area contributed by atoms with Gasteiger partial charge in [0, 0.05) is 18.0 Å². The van der Waals surface area contributed by atoms with Gasteiger partial charge in [0.2, 0.25) is 5.82 Å². The van der Waals surface area contributed by atoms with Gasteiger partial charge in [0.05, 0.1) is 17.2 Å². The molecule has 0 aliphatic rings. The molecule has 2 aromatic heterocycles. The summed E-state index contributed by atoms with van der Waals surface area (Å²) in [6, 6.07) is 8.58. The highest BCUT2D eigenvalue weighted by molar-refractivity contribution is 5.56. The van der Waals surface area contributed by atoms with Gasteiger partial charge in [-0.1, -0.05) is 6.07 Å². The highest BCUT2D eigenvalue weighted by Gasteiger charge is 2.14. The molecule has 0 amide bonds. The van der Waals surface area contributed by atoms with Crippen LogP contribution in [0.15, 0.2) is 36.5 Å². The molecule has 18 heavy (non-hydrogen) atoms. The first-order chi connectivity index (χ1) is 8.66. The summed E-state index contributed by atoms with van der Waals surface area (Å²) in [6.07, 6.45) is 1.68. The molecule has 0 fully saturated rings. The van der Waals surface area contributed by atoms with Crippen molar-refractivity contribution in [1.29, 1.82) is 0 Å². The Bertz CT molecular complexity index is 557. The predicted molar refractivity (Wildman–Crippen MR) is 67.2 cm³/mol. The van der Waals surface area contributed by atoms with Crippen LogP contribution < -0.4 is 5.32 Å². The van der Waals surface area contributed by atoms with E-state index in [0.29, 0.717) is 6.54 Å². The summed E-state index contributed by atoms with van der Waals surface area (Å²) >= 11 is 0. The van der Waals surface area contributed by atoms with Gasteiger partial charge in [-0.05, 0) is 25.1 Å². The molecule has 6 nitrogen and oxygen atoms in total. The molecule has 1 N–H and O–H groups in total. The van der Waals surface area contributed by atoms with Gasteiger partial charge in [-0.2, -0.15) is 0 Å². The fourth-order valence-corrected chi connectivity index (χ4v) is 1.50. The summed E-state index contributed by atoms with van der Waals surface area (Å²) in [5.74, 6) is 0.269. The number of nitrogens with one attached hydrogen (secondary N) is 1. The largest absolute Gasteiger partial charge is 0.359 e. The van der Waals surface area contributed by atoms with Crippen molar-refractivity contribution < 1.29 is 4.92 Å². The Balaban J connectivity index is 2.18. The highest BCUT2D eigenvalue weighted by atomic mass is 16.6. The Morgan fingerprint density at radius 3 is 2.83 bits per heavy atom. The van der Waals surface area contributed by atoms with Crippen LogP contribution in [0.3, 0.4) is 0 Å². The van der Waals surface area contributed by atoms with E-state index in [4.69, 9.17) is 0 Å². The van der Waals surface area contributed by atoms with Crippen molar-refractivity contribution in [3.05, 3.63) is 58.0 Å². The normalized spacial score (nSPS) is 10.1. The van der Waals surface area contributed by atoms with Gasteiger partial charge in [0.25, 0.3) is 0 Å². The molecule has 0 saturated heterocycles. The summed E-state index contributed by atoms with van der Waals surface area (Å²) in [7, 11) is 0. The lowest BCUT2D eigenvalue weighted by molar-refractivity contribution is -0.384. The van der Waals surface area contributed by atoms with Gasteiger partial charge in [-0.3, -0.25) is 15.1 Å². The molecule has 0 atom stereocenters. The standard InChI is InChI=1S/C12H12N4O2/c1-9-5-6-11(16(17)18)12(15-9)14-8-10-4-2-3-7-13-10/h2-7H,8H2,1H3,(H,14,15). The van der Waals surface area contributed by atoms with E-state index in [1.54, 1.807) is 19.2 Å². The molecule has 0 spiro atoms. The molecule has 0 bridgehead atoms. The maximum Gasteiger partial charge on any atom is 0.311 e. The summed E-state index contributed by atoms with van der Waals surface area (Å²) in [5, 5.41) is 13.8. The zero-order chi connectivity index (χ0) is 13.0. The summed E-state index contributed by atoms with van der Waals surface area (Å²) < 4.78 is 0. The number of rotatable bonds is 4. The highest BCUT2D eigenvalue weighted by Crippen LogP contribution is 2.22. The molecule has 0 unspecified atom stereocenters. The number of aryl methyl sites for hydroxylation is 1. The minimum Gasteiger partial charge on any atom is -0.359 e. The summed E-state index contributed by atoms with van der Waals surface area (Å²) in [5.41, 5.74) is 1.50. The van der Waals surface area contributed by atoms with Crippen LogP contribution in [0.4, 0.5) is 11.5 Å². The second-order valence-electron chi connectivity index (χ2n) is 3.75. The average Bonchev–Trinajstić information content (AvgIpc) is 2.37. The minimum absolute atomic E-state index is 0.0310. The van der Waals surface area contributed by atoms with E-state index in [-0.39, 0.29) is 11.5 Å². The molecule has 0 aliphatic heterocycles. The molecule has 92 valence electrons. The first-order valence-corrected chi connectivity index (χ1v) is 5.42. The zero-order valence-electron chi connectivity index (χ0n) is 9.83. The van der Waals surface area contributed by atoms with Crippen LogP contribution in [-0.2, 0) is 6.54 Å². The first kappa shape index (κ1) is 12.0. The van der Waals surface area contributed by atoms with E-state index in [2.05, 4.69) is 15.3 Å². The summed E-state index contributed by atoms with van der Waals surface area (Å²) in [6.45, 7) is 2.19. The maximum atomic E-state index is 10.9. The van der Waals surface area contributed by atoms with Gasteiger partial charge in [-0.15, -0.1) is 0 Å². The molecule has 0 saturated carbocycles. The molecule has 2 heterocycles. The molecule has 0 aromatic carbocycles. The van der Waals surface area contributed by atoms with E-state index in [9.17, 15) is 10.1 Å². The SMILES string of the molecule is Cc1ccc([N+](=O)[O-])c(NCc2ccccn2)n1. The Labute approximate surface area is 104 Å². The van der Waals surface area contributed by atoms with Crippen molar-refractivity contribution in [2.24, 2.45) is 0 Å². The van der Waals surface area contributed by atoms with Crippen LogP contribution in [0.5, 0.6) is 0 Å². The van der Waals surface area contributed by atoms with Crippen molar-refractivity contribution in [3.8, 4) is 0 Å². The van der Waals surface area contributed by atoms with E-state index in [0.717, 1.165) is 11.4 Å². The van der Waals surface area contributed by atoms with Crippen molar-refractivity contribution in [2.45, 2.75) is 13.5 Å². The number of hydrogen-bond donors (Lipinski definition) is 1. The van der Waals surface area contributed by atoms with E-state index < -0.39 is 4.92 Å². The van der Waals surface area contributed by atoms with Crippen molar-refractivity contribution in [3.63, 3.8) is 0 Å². The topological polar surface area (TPSA) is 81.0 Å². The van der Waals surface area contributed by atoms with Crippen molar-refractivity contribution in [2.75, 3.05) is 5.32 Å². The Hall–Kier alpha value is -2.50. The quantitative estimate of drug-likeness (QED) is 0.659. The Morgan fingerprint density at radius 1 is 1.33 bits per heavy atom. The maximum absolute atomic E-state index is 10.9. The molecule has 2 rings (SSSR count). The van der Waals surface area contributed by atoms with E-state index >= 15 is 0 Å². The number of pyridine rings is 2. The van der Waals surface area contributed by atoms with Gasteiger partial charge in [0.15, 0.2) is 0 Å². The Kier molecular flexibility index (Phi) is 3.47. The average molecular weight is 244 g/mol. The van der Waals surface area contributed by atoms with E-state index in [1.165, 1.54) is 6.07 Å². The lowest BCUT2D eigenvalue weighted by Crippen LogP contribution is -2.06. The molecule has 0 aliphatic carbocycles. The Morgan fingerprint density at radius 2 is 2.17 bits per heavy atom. The van der Waals surface area contributed by atoms with Gasteiger partial charge in [-0.25, -0.2) is 4.98 Å². The van der Waals surface area contributed by atoms with E-state index in [1.807, 2.05) is 18.2 Å². The lowest BCUT2D eigenvalue weighted by Gasteiger charge is -2.06. The second kappa shape index (κ2) is 5.22. The minimum atomic E-state index is -0.451. The monoisotopic (exact) mass is 244 g/mol.